The van der Waals surface area contributed by atoms with Crippen molar-refractivity contribution < 1.29 is 58.7 Å². The van der Waals surface area contributed by atoms with Crippen molar-refractivity contribution in [1.29, 1.82) is 0 Å². The van der Waals surface area contributed by atoms with Crippen LogP contribution in [0.1, 0.15) is 0 Å². The summed E-state index contributed by atoms with van der Waals surface area (Å²) in [6, 6.07) is 0. The molecule has 0 saturated heterocycles. The molecule has 0 bridgehead atoms. The first-order valence-corrected chi connectivity index (χ1v) is 7.20. The van der Waals surface area contributed by atoms with Crippen LogP contribution in [0.2, 0.25) is 0 Å². The number of hydrogen-bond donors (Lipinski definition) is 12. The van der Waals surface area contributed by atoms with Gasteiger partial charge in [-0.05, 0) is 0 Å². The van der Waals surface area contributed by atoms with E-state index in [1.54, 1.807) is 0 Å². The molecule has 0 aromatic rings. The van der Waals surface area contributed by atoms with Crippen molar-refractivity contribution in [2.45, 2.75) is 0 Å². The van der Waals surface area contributed by atoms with Gasteiger partial charge in [-0.15, -0.1) is 0 Å². The fraction of sp³-hybridized carbons (Fsp3) is 0. The first-order valence-electron chi connectivity index (χ1n) is 2.40. The Morgan fingerprint density at radius 1 is 0.278 bits per heavy atom. The molecule has 112 valence electrons. The van der Waals surface area contributed by atoms with Crippen molar-refractivity contribution in [1.82, 2.24) is 0 Å². The van der Waals surface area contributed by atoms with Gasteiger partial charge in [0.05, 0.1) is 0 Å². The molecule has 0 aliphatic carbocycles. The molecule has 0 aromatic carbocycles. The van der Waals surface area contributed by atoms with Crippen molar-refractivity contribution >= 4 is 110 Å². The van der Waals surface area contributed by atoms with E-state index < -0.39 is 34.4 Å². The Kier molecular flexibility index (Phi) is 68.5. The first-order chi connectivity index (χ1) is 6.93. The molecule has 18 heavy (non-hydrogen) atoms. The van der Waals surface area contributed by atoms with E-state index >= 15 is 0 Å². The number of rotatable bonds is 0. The summed E-state index contributed by atoms with van der Waals surface area (Å²) in [6.07, 6.45) is 0. The standard InChI is InChI=1S/2Ca.4H3O3P.4H/c;;4*1-4(2)3;;;;/h;;4*1-3H;;;;. The molecule has 12 nitrogen and oxygen atoms in total. The number of hydrogen-bond acceptors (Lipinski definition) is 12. The van der Waals surface area contributed by atoms with Gasteiger partial charge in [-0.1, -0.05) is 0 Å². The SMILES string of the molecule is OP(O)O.OP(O)O.OP(O)O.OP(O)O.[CaH2].[CaH2]. The molecular weight excluding hydrogens is 396 g/mol. The topological polar surface area (TPSA) is 243 Å². The zero-order chi connectivity index (χ0) is 14.3. The van der Waals surface area contributed by atoms with Crippen LogP contribution in [0.4, 0.5) is 0 Å². The normalized spacial score (nSPS) is 8.00. The van der Waals surface area contributed by atoms with Crippen LogP contribution < -0.4 is 0 Å². The fourth-order valence-electron chi connectivity index (χ4n) is 0. The minimum absolute atomic E-state index is 0. The quantitative estimate of drug-likeness (QED) is 0.132. The van der Waals surface area contributed by atoms with Crippen LogP contribution >= 0.6 is 34.4 Å². The Bertz CT molecular complexity index is 65.1. The second-order valence-electron chi connectivity index (χ2n) is 1.07. The molecule has 0 unspecified atom stereocenters. The Morgan fingerprint density at radius 3 is 0.278 bits per heavy atom. The molecular formula is H16Ca2O12P4. The monoisotopic (exact) mass is 412 g/mol. The molecule has 0 fully saturated rings. The van der Waals surface area contributed by atoms with Crippen LogP contribution in [0.5, 0.6) is 0 Å². The van der Waals surface area contributed by atoms with Crippen LogP contribution in [-0.2, 0) is 0 Å². The van der Waals surface area contributed by atoms with Crippen LogP contribution in [0, 0.1) is 0 Å². The van der Waals surface area contributed by atoms with E-state index in [2.05, 4.69) is 0 Å². The predicted octanol–water partition coefficient (Wildman–Crippen LogP) is -5.07. The Hall–Kier alpha value is 3.76. The van der Waals surface area contributed by atoms with Gasteiger partial charge in [-0.3, -0.25) is 0 Å². The van der Waals surface area contributed by atoms with Gasteiger partial charge in [0.25, 0.3) is 0 Å². The van der Waals surface area contributed by atoms with Gasteiger partial charge in [-0.2, -0.15) is 0 Å². The average molecular weight is 412 g/mol. The van der Waals surface area contributed by atoms with Crippen LogP contribution in [0.3, 0.4) is 0 Å². The molecule has 0 amide bonds. The van der Waals surface area contributed by atoms with Crippen molar-refractivity contribution in [2.75, 3.05) is 0 Å². The molecule has 0 atom stereocenters. The summed E-state index contributed by atoms with van der Waals surface area (Å²) in [5.41, 5.74) is 0. The summed E-state index contributed by atoms with van der Waals surface area (Å²) in [4.78, 5) is 86.8. The van der Waals surface area contributed by atoms with Gasteiger partial charge in [0.2, 0.25) is 0 Å². The van der Waals surface area contributed by atoms with Gasteiger partial charge < -0.3 is 58.7 Å². The van der Waals surface area contributed by atoms with Gasteiger partial charge in [0.1, 0.15) is 0 Å². The first kappa shape index (κ1) is 37.8. The van der Waals surface area contributed by atoms with E-state index in [9.17, 15) is 0 Å². The van der Waals surface area contributed by atoms with Crippen LogP contribution in [0.25, 0.3) is 0 Å². The Labute approximate surface area is 166 Å². The zero-order valence-corrected chi connectivity index (χ0v) is 10.7. The van der Waals surface area contributed by atoms with E-state index in [0.29, 0.717) is 0 Å². The van der Waals surface area contributed by atoms with E-state index in [4.69, 9.17) is 58.7 Å². The maximum atomic E-state index is 7.23. The molecule has 0 heterocycles. The molecule has 12 N–H and O–H groups in total. The predicted molar refractivity (Wildman–Crippen MR) is 71.4 cm³/mol. The third-order valence-corrected chi connectivity index (χ3v) is 0. The maximum absolute atomic E-state index is 7.23. The van der Waals surface area contributed by atoms with Crippen molar-refractivity contribution in [3.05, 3.63) is 0 Å². The second-order valence-corrected chi connectivity index (χ2v) is 3.22. The molecule has 0 saturated carbocycles. The third-order valence-electron chi connectivity index (χ3n) is 0. The molecule has 0 aromatic heterocycles. The van der Waals surface area contributed by atoms with E-state index in [-0.39, 0.29) is 75.5 Å². The molecule has 0 aliphatic heterocycles. The van der Waals surface area contributed by atoms with E-state index in [1.807, 2.05) is 0 Å². The summed E-state index contributed by atoms with van der Waals surface area (Å²) in [5.74, 6) is 0. The zero-order valence-electron chi connectivity index (χ0n) is 7.16. The van der Waals surface area contributed by atoms with Crippen molar-refractivity contribution in [2.24, 2.45) is 0 Å². The summed E-state index contributed by atoms with van der Waals surface area (Å²) >= 11 is 0. The molecule has 18 heteroatoms. The fourth-order valence-corrected chi connectivity index (χ4v) is 0. The summed E-state index contributed by atoms with van der Waals surface area (Å²) < 4.78 is 0. The summed E-state index contributed by atoms with van der Waals surface area (Å²) in [6.45, 7) is 0. The third kappa shape index (κ3) is 492. The molecule has 0 radical (unpaired) electrons. The summed E-state index contributed by atoms with van der Waals surface area (Å²) in [5, 5.41) is 0. The Morgan fingerprint density at radius 2 is 0.278 bits per heavy atom. The Balaban J connectivity index is -0.0000000257. The van der Waals surface area contributed by atoms with Gasteiger partial charge in [-0.25, -0.2) is 0 Å². The van der Waals surface area contributed by atoms with Crippen molar-refractivity contribution in [3.8, 4) is 0 Å². The molecule has 0 aliphatic rings. The van der Waals surface area contributed by atoms with Crippen LogP contribution in [-0.4, -0.2) is 134 Å². The van der Waals surface area contributed by atoms with E-state index in [0.717, 1.165) is 0 Å². The van der Waals surface area contributed by atoms with E-state index in [1.165, 1.54) is 0 Å². The van der Waals surface area contributed by atoms with Gasteiger partial charge in [0, 0.05) is 0 Å². The molecule has 0 rings (SSSR count). The minimum atomic E-state index is -2.62. The molecule has 0 spiro atoms. The van der Waals surface area contributed by atoms with Gasteiger partial charge >= 0.3 is 110 Å². The van der Waals surface area contributed by atoms with Gasteiger partial charge in [0.15, 0.2) is 0 Å². The summed E-state index contributed by atoms with van der Waals surface area (Å²) in [7, 11) is -10.5. The average Bonchev–Trinajstić information content (AvgIpc) is 1.76. The van der Waals surface area contributed by atoms with Crippen molar-refractivity contribution in [3.63, 3.8) is 0 Å². The second kappa shape index (κ2) is 32.6. The van der Waals surface area contributed by atoms with Crippen LogP contribution in [0.15, 0.2) is 0 Å².